The second kappa shape index (κ2) is 6.75. The lowest BCUT2D eigenvalue weighted by molar-refractivity contribution is -0.120. The summed E-state index contributed by atoms with van der Waals surface area (Å²) in [6.07, 6.45) is 0. The van der Waals surface area contributed by atoms with Crippen LogP contribution in [0.2, 0.25) is 0 Å². The molecule has 0 radical (unpaired) electrons. The van der Waals surface area contributed by atoms with Gasteiger partial charge in [0.05, 0.1) is 19.9 Å². The highest BCUT2D eigenvalue weighted by Gasteiger charge is 2.08. The highest BCUT2D eigenvalue weighted by Crippen LogP contribution is 2.28. The lowest BCUT2D eigenvalue weighted by Crippen LogP contribution is -2.18. The molecule has 0 aromatic heterocycles. The Morgan fingerprint density at radius 3 is 2.65 bits per heavy atom. The van der Waals surface area contributed by atoms with Crippen LogP contribution in [0.3, 0.4) is 0 Å². The fourth-order valence-electron chi connectivity index (χ4n) is 1.28. The van der Waals surface area contributed by atoms with Crippen LogP contribution in [-0.2, 0) is 9.53 Å². The summed E-state index contributed by atoms with van der Waals surface area (Å²) < 4.78 is 15.2. The van der Waals surface area contributed by atoms with E-state index in [2.05, 4.69) is 5.32 Å². The van der Waals surface area contributed by atoms with E-state index in [0.29, 0.717) is 23.8 Å². The van der Waals surface area contributed by atoms with Gasteiger partial charge in [-0.05, 0) is 19.1 Å². The van der Waals surface area contributed by atoms with Crippen LogP contribution in [-0.4, -0.2) is 33.3 Å². The zero-order chi connectivity index (χ0) is 12.7. The van der Waals surface area contributed by atoms with Crippen molar-refractivity contribution < 1.29 is 19.0 Å². The summed E-state index contributed by atoms with van der Waals surface area (Å²) in [6.45, 7) is 2.38. The van der Waals surface area contributed by atoms with Crippen LogP contribution in [0.25, 0.3) is 0 Å². The highest BCUT2D eigenvalue weighted by atomic mass is 16.5. The molecule has 0 atom stereocenters. The summed E-state index contributed by atoms with van der Waals surface area (Å²) in [7, 11) is 3.11. The number of rotatable bonds is 6. The third-order valence-corrected chi connectivity index (χ3v) is 2.12. The van der Waals surface area contributed by atoms with Crippen molar-refractivity contribution >= 4 is 11.6 Å². The van der Waals surface area contributed by atoms with Crippen LogP contribution < -0.4 is 14.8 Å². The molecule has 17 heavy (non-hydrogen) atoms. The van der Waals surface area contributed by atoms with Crippen molar-refractivity contribution in [3.05, 3.63) is 18.2 Å². The Kier molecular flexibility index (Phi) is 5.29. The van der Waals surface area contributed by atoms with Crippen LogP contribution in [0.15, 0.2) is 18.2 Å². The van der Waals surface area contributed by atoms with Gasteiger partial charge in [0.25, 0.3) is 0 Å². The molecule has 1 aromatic carbocycles. The normalized spacial score (nSPS) is 9.82. The van der Waals surface area contributed by atoms with Gasteiger partial charge in [-0.3, -0.25) is 4.79 Å². The summed E-state index contributed by atoms with van der Waals surface area (Å²) in [5.74, 6) is 1.01. The minimum absolute atomic E-state index is 0.0334. The maximum Gasteiger partial charge on any atom is 0.250 e. The molecule has 94 valence electrons. The van der Waals surface area contributed by atoms with Crippen molar-refractivity contribution in [3.8, 4) is 11.5 Å². The molecule has 0 aliphatic heterocycles. The predicted octanol–water partition coefficient (Wildman–Crippen LogP) is 1.68. The Hall–Kier alpha value is -1.75. The minimum atomic E-state index is -0.213. The topological polar surface area (TPSA) is 56.8 Å². The highest BCUT2D eigenvalue weighted by molar-refractivity contribution is 5.93. The van der Waals surface area contributed by atoms with E-state index in [4.69, 9.17) is 14.2 Å². The maximum absolute atomic E-state index is 11.5. The zero-order valence-electron chi connectivity index (χ0n) is 10.3. The standard InChI is InChI=1S/C12H17NO4/c1-4-17-8-12(14)13-10-6-5-9(15-2)7-11(10)16-3/h5-7H,4,8H2,1-3H3,(H,13,14). The number of amides is 1. The van der Waals surface area contributed by atoms with Crippen molar-refractivity contribution in [2.75, 3.05) is 32.8 Å². The van der Waals surface area contributed by atoms with E-state index in [1.807, 2.05) is 6.92 Å². The smallest absolute Gasteiger partial charge is 0.250 e. The molecule has 5 nitrogen and oxygen atoms in total. The Balaban J connectivity index is 2.73. The van der Waals surface area contributed by atoms with E-state index >= 15 is 0 Å². The van der Waals surface area contributed by atoms with Crippen LogP contribution in [0.5, 0.6) is 11.5 Å². The first-order valence-electron chi connectivity index (χ1n) is 5.30. The first-order chi connectivity index (χ1) is 8.21. The second-order valence-electron chi connectivity index (χ2n) is 3.25. The maximum atomic E-state index is 11.5. The molecule has 1 aromatic rings. The average molecular weight is 239 g/mol. The molecule has 0 heterocycles. The molecular weight excluding hydrogens is 222 g/mol. The Labute approximate surface area is 101 Å². The molecule has 0 fully saturated rings. The van der Waals surface area contributed by atoms with E-state index in [1.54, 1.807) is 25.3 Å². The van der Waals surface area contributed by atoms with Gasteiger partial charge in [-0.15, -0.1) is 0 Å². The second-order valence-corrected chi connectivity index (χ2v) is 3.25. The summed E-state index contributed by atoms with van der Waals surface area (Å²) >= 11 is 0. The van der Waals surface area contributed by atoms with Crippen molar-refractivity contribution in [1.29, 1.82) is 0 Å². The quantitative estimate of drug-likeness (QED) is 0.820. The number of methoxy groups -OCH3 is 2. The van der Waals surface area contributed by atoms with Crippen LogP contribution in [0.4, 0.5) is 5.69 Å². The Morgan fingerprint density at radius 1 is 1.29 bits per heavy atom. The molecule has 1 rings (SSSR count). The first-order valence-corrected chi connectivity index (χ1v) is 5.30. The van der Waals surface area contributed by atoms with Gasteiger partial charge in [0.1, 0.15) is 18.1 Å². The van der Waals surface area contributed by atoms with Gasteiger partial charge >= 0.3 is 0 Å². The number of ether oxygens (including phenoxy) is 3. The Morgan fingerprint density at radius 2 is 2.06 bits per heavy atom. The number of carbonyl (C=O) groups excluding carboxylic acids is 1. The fourth-order valence-corrected chi connectivity index (χ4v) is 1.28. The predicted molar refractivity (Wildman–Crippen MR) is 64.7 cm³/mol. The fraction of sp³-hybridized carbons (Fsp3) is 0.417. The largest absolute Gasteiger partial charge is 0.497 e. The lowest BCUT2D eigenvalue weighted by atomic mass is 10.2. The van der Waals surface area contributed by atoms with E-state index in [1.165, 1.54) is 7.11 Å². The molecule has 0 saturated carbocycles. The number of carbonyl (C=O) groups is 1. The summed E-state index contributed by atoms with van der Waals surface area (Å²) in [5, 5.41) is 2.70. The molecule has 0 spiro atoms. The van der Waals surface area contributed by atoms with Crippen molar-refractivity contribution in [1.82, 2.24) is 0 Å². The van der Waals surface area contributed by atoms with Crippen molar-refractivity contribution in [2.45, 2.75) is 6.92 Å². The number of hydrogen-bond donors (Lipinski definition) is 1. The molecular formula is C12H17NO4. The van der Waals surface area contributed by atoms with E-state index in [-0.39, 0.29) is 12.5 Å². The van der Waals surface area contributed by atoms with Crippen LogP contribution in [0, 0.1) is 0 Å². The summed E-state index contributed by atoms with van der Waals surface area (Å²) in [6, 6.07) is 5.18. The van der Waals surface area contributed by atoms with Crippen LogP contribution >= 0.6 is 0 Å². The molecule has 0 aliphatic rings. The SMILES string of the molecule is CCOCC(=O)Nc1ccc(OC)cc1OC. The number of hydrogen-bond acceptors (Lipinski definition) is 4. The lowest BCUT2D eigenvalue weighted by Gasteiger charge is -2.11. The van der Waals surface area contributed by atoms with E-state index < -0.39 is 0 Å². The monoisotopic (exact) mass is 239 g/mol. The van der Waals surface area contributed by atoms with Gasteiger partial charge in [-0.2, -0.15) is 0 Å². The number of benzene rings is 1. The number of anilines is 1. The zero-order valence-corrected chi connectivity index (χ0v) is 10.3. The number of nitrogens with one attached hydrogen (secondary N) is 1. The van der Waals surface area contributed by atoms with Crippen molar-refractivity contribution in [3.63, 3.8) is 0 Å². The molecule has 0 bridgehead atoms. The molecule has 0 saturated heterocycles. The van der Waals surface area contributed by atoms with Crippen LogP contribution in [0.1, 0.15) is 6.92 Å². The molecule has 1 amide bonds. The molecule has 0 aliphatic carbocycles. The first kappa shape index (κ1) is 13.3. The van der Waals surface area contributed by atoms with Crippen molar-refractivity contribution in [2.24, 2.45) is 0 Å². The van der Waals surface area contributed by atoms with Gasteiger partial charge in [-0.1, -0.05) is 0 Å². The minimum Gasteiger partial charge on any atom is -0.497 e. The Bertz CT molecular complexity index is 379. The van der Waals surface area contributed by atoms with Gasteiger partial charge in [0.2, 0.25) is 5.91 Å². The molecule has 5 heteroatoms. The molecule has 0 unspecified atom stereocenters. The third kappa shape index (κ3) is 3.96. The van der Waals surface area contributed by atoms with Gasteiger partial charge < -0.3 is 19.5 Å². The summed E-state index contributed by atoms with van der Waals surface area (Å²) in [5.41, 5.74) is 0.595. The van der Waals surface area contributed by atoms with E-state index in [0.717, 1.165) is 0 Å². The van der Waals surface area contributed by atoms with E-state index in [9.17, 15) is 4.79 Å². The molecule has 1 N–H and O–H groups in total. The average Bonchev–Trinajstić information content (AvgIpc) is 2.36. The third-order valence-electron chi connectivity index (χ3n) is 2.12. The van der Waals surface area contributed by atoms with Gasteiger partial charge in [0, 0.05) is 12.7 Å². The van der Waals surface area contributed by atoms with Gasteiger partial charge in [-0.25, -0.2) is 0 Å². The summed E-state index contributed by atoms with van der Waals surface area (Å²) in [4.78, 5) is 11.5. The van der Waals surface area contributed by atoms with Gasteiger partial charge in [0.15, 0.2) is 0 Å².